The third kappa shape index (κ3) is 4.09. The molecule has 1 aliphatic rings. The molecule has 1 fully saturated rings. The maximum absolute atomic E-state index is 6.08. The van der Waals surface area contributed by atoms with Crippen LogP contribution >= 0.6 is 23.2 Å². The van der Waals surface area contributed by atoms with Crippen molar-refractivity contribution in [2.24, 2.45) is 0 Å². The third-order valence-corrected chi connectivity index (χ3v) is 4.62. The molecule has 1 aromatic carbocycles. The van der Waals surface area contributed by atoms with Crippen molar-refractivity contribution in [2.45, 2.75) is 38.8 Å². The van der Waals surface area contributed by atoms with E-state index in [2.05, 4.69) is 24.1 Å². The quantitative estimate of drug-likeness (QED) is 0.899. The van der Waals surface area contributed by atoms with Gasteiger partial charge in [0.25, 0.3) is 0 Å². The van der Waals surface area contributed by atoms with Gasteiger partial charge in [-0.3, -0.25) is 0 Å². The molecule has 0 amide bonds. The van der Waals surface area contributed by atoms with E-state index in [1.165, 1.54) is 24.9 Å². The summed E-state index contributed by atoms with van der Waals surface area (Å²) in [6.45, 7) is 7.92. The zero-order valence-corrected chi connectivity index (χ0v) is 13.1. The predicted molar refractivity (Wildman–Crippen MR) is 83.1 cm³/mol. The Morgan fingerprint density at radius 1 is 1.37 bits per heavy atom. The van der Waals surface area contributed by atoms with E-state index in [0.29, 0.717) is 22.1 Å². The summed E-state index contributed by atoms with van der Waals surface area (Å²) in [6, 6.07) is 6.75. The first kappa shape index (κ1) is 15.1. The molecule has 1 aliphatic heterocycles. The van der Waals surface area contributed by atoms with E-state index in [0.717, 1.165) is 13.1 Å². The molecule has 2 unspecified atom stereocenters. The average molecular weight is 301 g/mol. The highest BCUT2D eigenvalue weighted by Gasteiger charge is 2.20. The van der Waals surface area contributed by atoms with E-state index in [1.54, 1.807) is 0 Å². The van der Waals surface area contributed by atoms with Gasteiger partial charge >= 0.3 is 0 Å². The van der Waals surface area contributed by atoms with Crippen LogP contribution in [0.3, 0.4) is 0 Å². The van der Waals surface area contributed by atoms with Crippen LogP contribution in [-0.4, -0.2) is 30.6 Å². The molecule has 0 bridgehead atoms. The number of hydrogen-bond donors (Lipinski definition) is 1. The Morgan fingerprint density at radius 3 is 2.84 bits per heavy atom. The number of piperidine rings is 1. The second-order valence-corrected chi connectivity index (χ2v) is 6.11. The van der Waals surface area contributed by atoms with E-state index in [4.69, 9.17) is 23.2 Å². The normalized spacial score (nSPS) is 22.4. The molecular weight excluding hydrogens is 279 g/mol. The second kappa shape index (κ2) is 6.94. The molecule has 1 saturated heterocycles. The average Bonchev–Trinajstić information content (AvgIpc) is 2.42. The minimum Gasteiger partial charge on any atom is -0.306 e. The number of likely N-dealkylation sites (tertiary alicyclic amines) is 1. The number of rotatable bonds is 4. The molecule has 1 N–H and O–H groups in total. The molecule has 106 valence electrons. The highest BCUT2D eigenvalue weighted by Crippen LogP contribution is 2.26. The molecule has 2 atom stereocenters. The maximum Gasteiger partial charge on any atom is 0.0595 e. The lowest BCUT2D eigenvalue weighted by atomic mass is 10.0. The fraction of sp³-hybridized carbons (Fsp3) is 0.600. The lowest BCUT2D eigenvalue weighted by Crippen LogP contribution is -2.46. The highest BCUT2D eigenvalue weighted by molar-refractivity contribution is 6.42. The van der Waals surface area contributed by atoms with Gasteiger partial charge in [-0.2, -0.15) is 0 Å². The Bertz CT molecular complexity index is 423. The molecule has 2 nitrogen and oxygen atoms in total. The fourth-order valence-corrected chi connectivity index (χ4v) is 3.02. The predicted octanol–water partition coefficient (Wildman–Crippen LogP) is 4.13. The smallest absolute Gasteiger partial charge is 0.0595 e. The Labute approximate surface area is 126 Å². The van der Waals surface area contributed by atoms with Gasteiger partial charge in [0, 0.05) is 18.6 Å². The molecule has 0 saturated carbocycles. The van der Waals surface area contributed by atoms with Gasteiger partial charge in [0.05, 0.1) is 10.0 Å². The summed E-state index contributed by atoms with van der Waals surface area (Å²) >= 11 is 12.0. The third-order valence-electron chi connectivity index (χ3n) is 3.88. The summed E-state index contributed by atoms with van der Waals surface area (Å²) in [7, 11) is 0. The standard InChI is InChI=1S/C15H22Cl2N2/c1-3-19-8-4-5-13(10-19)18-11(2)12-6-7-14(16)15(17)9-12/h6-7,9,11,13,18H,3-5,8,10H2,1-2H3. The van der Waals surface area contributed by atoms with Crippen LogP contribution in [0.4, 0.5) is 0 Å². The molecule has 0 aliphatic carbocycles. The number of hydrogen-bond acceptors (Lipinski definition) is 2. The molecule has 1 heterocycles. The van der Waals surface area contributed by atoms with Gasteiger partial charge < -0.3 is 10.2 Å². The van der Waals surface area contributed by atoms with Crippen molar-refractivity contribution in [1.29, 1.82) is 0 Å². The largest absolute Gasteiger partial charge is 0.306 e. The first-order valence-corrected chi connectivity index (χ1v) is 7.79. The van der Waals surface area contributed by atoms with E-state index < -0.39 is 0 Å². The van der Waals surface area contributed by atoms with E-state index in [-0.39, 0.29) is 0 Å². The first-order chi connectivity index (χ1) is 9.10. The first-order valence-electron chi connectivity index (χ1n) is 7.03. The lowest BCUT2D eigenvalue weighted by molar-refractivity contribution is 0.192. The number of likely N-dealkylation sites (N-methyl/N-ethyl adjacent to an activating group) is 1. The Balaban J connectivity index is 1.96. The topological polar surface area (TPSA) is 15.3 Å². The van der Waals surface area contributed by atoms with Gasteiger partial charge in [-0.15, -0.1) is 0 Å². The van der Waals surface area contributed by atoms with Crippen LogP contribution in [0.1, 0.15) is 38.3 Å². The Hall–Kier alpha value is -0.280. The molecule has 1 aromatic rings. The van der Waals surface area contributed by atoms with Gasteiger partial charge in [0.15, 0.2) is 0 Å². The van der Waals surface area contributed by atoms with Crippen molar-refractivity contribution in [3.05, 3.63) is 33.8 Å². The molecule has 19 heavy (non-hydrogen) atoms. The van der Waals surface area contributed by atoms with Gasteiger partial charge in [0.2, 0.25) is 0 Å². The maximum atomic E-state index is 6.08. The van der Waals surface area contributed by atoms with Crippen LogP contribution in [0.5, 0.6) is 0 Å². The minimum atomic E-state index is 0.302. The SMILES string of the molecule is CCN1CCCC(NC(C)c2ccc(Cl)c(Cl)c2)C1. The van der Waals surface area contributed by atoms with E-state index in [9.17, 15) is 0 Å². The van der Waals surface area contributed by atoms with Crippen molar-refractivity contribution in [1.82, 2.24) is 10.2 Å². The van der Waals surface area contributed by atoms with Crippen LogP contribution in [-0.2, 0) is 0 Å². The summed E-state index contributed by atoms with van der Waals surface area (Å²) in [6.07, 6.45) is 2.53. The van der Waals surface area contributed by atoms with Crippen LogP contribution < -0.4 is 5.32 Å². The van der Waals surface area contributed by atoms with Crippen molar-refractivity contribution in [3.8, 4) is 0 Å². The van der Waals surface area contributed by atoms with Gasteiger partial charge in [-0.05, 0) is 50.6 Å². The zero-order chi connectivity index (χ0) is 13.8. The van der Waals surface area contributed by atoms with E-state index >= 15 is 0 Å². The summed E-state index contributed by atoms with van der Waals surface area (Å²) in [4.78, 5) is 2.50. The van der Waals surface area contributed by atoms with Crippen LogP contribution in [0, 0.1) is 0 Å². The van der Waals surface area contributed by atoms with E-state index in [1.807, 2.05) is 18.2 Å². The molecule has 0 aromatic heterocycles. The molecule has 0 spiro atoms. The molecule has 4 heteroatoms. The van der Waals surface area contributed by atoms with Crippen molar-refractivity contribution in [2.75, 3.05) is 19.6 Å². The van der Waals surface area contributed by atoms with Gasteiger partial charge in [0.1, 0.15) is 0 Å². The number of benzene rings is 1. The molecule has 0 radical (unpaired) electrons. The Morgan fingerprint density at radius 2 is 2.16 bits per heavy atom. The fourth-order valence-electron chi connectivity index (χ4n) is 2.71. The van der Waals surface area contributed by atoms with Crippen LogP contribution in [0.15, 0.2) is 18.2 Å². The highest BCUT2D eigenvalue weighted by atomic mass is 35.5. The van der Waals surface area contributed by atoms with Crippen LogP contribution in [0.25, 0.3) is 0 Å². The van der Waals surface area contributed by atoms with Crippen molar-refractivity contribution >= 4 is 23.2 Å². The summed E-state index contributed by atoms with van der Waals surface area (Å²) in [5.74, 6) is 0. The van der Waals surface area contributed by atoms with Crippen LogP contribution in [0.2, 0.25) is 10.0 Å². The number of halogens is 2. The lowest BCUT2D eigenvalue weighted by Gasteiger charge is -2.34. The number of nitrogens with one attached hydrogen (secondary N) is 1. The monoisotopic (exact) mass is 300 g/mol. The summed E-state index contributed by atoms with van der Waals surface area (Å²) in [5, 5.41) is 4.95. The molecule has 2 rings (SSSR count). The molecular formula is C15H22Cl2N2. The van der Waals surface area contributed by atoms with Crippen molar-refractivity contribution < 1.29 is 0 Å². The second-order valence-electron chi connectivity index (χ2n) is 5.29. The summed E-state index contributed by atoms with van der Waals surface area (Å²) < 4.78 is 0. The zero-order valence-electron chi connectivity index (χ0n) is 11.6. The Kier molecular flexibility index (Phi) is 5.52. The van der Waals surface area contributed by atoms with Gasteiger partial charge in [-0.1, -0.05) is 36.2 Å². The van der Waals surface area contributed by atoms with Crippen molar-refractivity contribution in [3.63, 3.8) is 0 Å². The minimum absolute atomic E-state index is 0.302. The number of nitrogens with zero attached hydrogens (tertiary/aromatic N) is 1. The van der Waals surface area contributed by atoms with Gasteiger partial charge in [-0.25, -0.2) is 0 Å². The summed E-state index contributed by atoms with van der Waals surface area (Å²) in [5.41, 5.74) is 1.20.